The molecule has 2 rings (SSSR count). The number of hydrogen-bond acceptors (Lipinski definition) is 4. The van der Waals surface area contributed by atoms with Gasteiger partial charge in [0.2, 0.25) is 0 Å². The minimum atomic E-state index is -0.309. The third-order valence-electron chi connectivity index (χ3n) is 2.28. The summed E-state index contributed by atoms with van der Waals surface area (Å²) in [5.74, 6) is -0.309. The van der Waals surface area contributed by atoms with Crippen LogP contribution in [0.2, 0.25) is 0 Å². The normalized spacial score (nSPS) is 9.50. The molecular formula is C13H10N4O. The van der Waals surface area contributed by atoms with Gasteiger partial charge in [0, 0.05) is 12.4 Å². The summed E-state index contributed by atoms with van der Waals surface area (Å²) in [6, 6.07) is 10.8. The molecule has 0 saturated carbocycles. The van der Waals surface area contributed by atoms with Crippen LogP contribution in [0.15, 0.2) is 42.7 Å². The van der Waals surface area contributed by atoms with E-state index >= 15 is 0 Å². The van der Waals surface area contributed by atoms with Crippen molar-refractivity contribution < 1.29 is 4.79 Å². The van der Waals surface area contributed by atoms with Gasteiger partial charge in [0.15, 0.2) is 0 Å². The highest BCUT2D eigenvalue weighted by atomic mass is 16.1. The van der Waals surface area contributed by atoms with Crippen LogP contribution in [0.5, 0.6) is 0 Å². The first-order valence-electron chi connectivity index (χ1n) is 5.34. The van der Waals surface area contributed by atoms with E-state index < -0.39 is 0 Å². The van der Waals surface area contributed by atoms with E-state index in [1.807, 2.05) is 24.3 Å². The first kappa shape index (κ1) is 11.7. The second-order valence-electron chi connectivity index (χ2n) is 3.49. The number of hydrogen-bond donors (Lipinski definition) is 1. The van der Waals surface area contributed by atoms with Crippen LogP contribution in [0.3, 0.4) is 0 Å². The maximum absolute atomic E-state index is 11.5. The zero-order valence-electron chi connectivity index (χ0n) is 9.50. The third-order valence-corrected chi connectivity index (χ3v) is 2.28. The molecule has 0 radical (unpaired) electrons. The number of aromatic nitrogens is 2. The molecule has 1 N–H and O–H groups in total. The van der Waals surface area contributed by atoms with Crippen LogP contribution in [0, 0.1) is 11.3 Å². The lowest BCUT2D eigenvalue weighted by Gasteiger charge is -2.02. The molecule has 5 heteroatoms. The fraction of sp³-hybridized carbons (Fsp3) is 0.0769. The predicted molar refractivity (Wildman–Crippen MR) is 65.4 cm³/mol. The van der Waals surface area contributed by atoms with E-state index in [0.29, 0.717) is 11.3 Å². The molecular weight excluding hydrogens is 228 g/mol. The first-order chi connectivity index (χ1) is 8.81. The van der Waals surface area contributed by atoms with E-state index in [4.69, 9.17) is 5.26 Å². The highest BCUT2D eigenvalue weighted by molar-refractivity contribution is 5.94. The van der Waals surface area contributed by atoms with Crippen molar-refractivity contribution >= 4 is 5.91 Å². The van der Waals surface area contributed by atoms with Crippen molar-refractivity contribution in [3.05, 3.63) is 48.3 Å². The molecule has 0 aromatic carbocycles. The van der Waals surface area contributed by atoms with Crippen LogP contribution < -0.4 is 5.32 Å². The Kier molecular flexibility index (Phi) is 3.62. The van der Waals surface area contributed by atoms with Gasteiger partial charge in [-0.1, -0.05) is 6.07 Å². The molecule has 0 fully saturated rings. The third kappa shape index (κ3) is 2.68. The molecule has 88 valence electrons. The maximum Gasteiger partial charge on any atom is 0.253 e. The number of amides is 1. The molecule has 0 spiro atoms. The minimum absolute atomic E-state index is 0.0131. The molecule has 0 atom stereocenters. The summed E-state index contributed by atoms with van der Waals surface area (Å²) >= 11 is 0. The van der Waals surface area contributed by atoms with Crippen LogP contribution in [0.1, 0.15) is 10.4 Å². The molecule has 5 nitrogen and oxygen atoms in total. The van der Waals surface area contributed by atoms with Crippen LogP contribution in [-0.4, -0.2) is 22.4 Å². The second kappa shape index (κ2) is 5.55. The highest BCUT2D eigenvalue weighted by Gasteiger charge is 2.06. The summed E-state index contributed by atoms with van der Waals surface area (Å²) in [5, 5.41) is 10.8. The van der Waals surface area contributed by atoms with E-state index in [1.54, 1.807) is 18.3 Å². The van der Waals surface area contributed by atoms with Gasteiger partial charge in [0.1, 0.15) is 6.54 Å². The Morgan fingerprint density at radius 2 is 2.06 bits per heavy atom. The lowest BCUT2D eigenvalue weighted by Crippen LogP contribution is -2.23. The van der Waals surface area contributed by atoms with Crippen molar-refractivity contribution in [3.8, 4) is 17.5 Å². The standard InChI is InChI=1S/C13H10N4O/c14-6-8-16-13(18)10-4-5-12(17-9-10)11-3-1-2-7-15-11/h1-5,7,9H,8H2,(H,16,18). The number of pyridine rings is 2. The van der Waals surface area contributed by atoms with Gasteiger partial charge in [-0.3, -0.25) is 14.8 Å². The molecule has 0 aliphatic carbocycles. The zero-order chi connectivity index (χ0) is 12.8. The Balaban J connectivity index is 2.16. The quantitative estimate of drug-likeness (QED) is 0.820. The number of nitrogens with one attached hydrogen (secondary N) is 1. The Morgan fingerprint density at radius 1 is 1.22 bits per heavy atom. The number of nitrogens with zero attached hydrogens (tertiary/aromatic N) is 3. The molecule has 2 heterocycles. The monoisotopic (exact) mass is 238 g/mol. The molecule has 0 aliphatic rings. The van der Waals surface area contributed by atoms with Gasteiger partial charge in [0.25, 0.3) is 5.91 Å². The van der Waals surface area contributed by atoms with Crippen LogP contribution in [0.25, 0.3) is 11.4 Å². The molecule has 2 aromatic heterocycles. The van der Waals surface area contributed by atoms with Gasteiger partial charge in [0.05, 0.1) is 23.0 Å². The average Bonchev–Trinajstić information content (AvgIpc) is 2.46. The second-order valence-corrected chi connectivity index (χ2v) is 3.49. The Bertz CT molecular complexity index is 572. The number of carbonyl (C=O) groups is 1. The van der Waals surface area contributed by atoms with Crippen molar-refractivity contribution in [2.75, 3.05) is 6.54 Å². The lowest BCUT2D eigenvalue weighted by atomic mass is 10.2. The van der Waals surface area contributed by atoms with Gasteiger partial charge in [-0.25, -0.2) is 0 Å². The molecule has 18 heavy (non-hydrogen) atoms. The largest absolute Gasteiger partial charge is 0.339 e. The van der Waals surface area contributed by atoms with Gasteiger partial charge < -0.3 is 5.32 Å². The number of nitriles is 1. The summed E-state index contributed by atoms with van der Waals surface area (Å²) < 4.78 is 0. The van der Waals surface area contributed by atoms with Gasteiger partial charge in [-0.2, -0.15) is 5.26 Å². The van der Waals surface area contributed by atoms with Gasteiger partial charge in [-0.05, 0) is 24.3 Å². The van der Waals surface area contributed by atoms with Crippen molar-refractivity contribution in [2.24, 2.45) is 0 Å². The van der Waals surface area contributed by atoms with Crippen LogP contribution in [0.4, 0.5) is 0 Å². The predicted octanol–water partition coefficient (Wildman–Crippen LogP) is 1.40. The fourth-order valence-corrected chi connectivity index (χ4v) is 1.42. The molecule has 2 aromatic rings. The van der Waals surface area contributed by atoms with Gasteiger partial charge in [-0.15, -0.1) is 0 Å². The maximum atomic E-state index is 11.5. The molecule has 0 unspecified atom stereocenters. The van der Waals surface area contributed by atoms with Crippen molar-refractivity contribution in [3.63, 3.8) is 0 Å². The minimum Gasteiger partial charge on any atom is -0.339 e. The van der Waals surface area contributed by atoms with E-state index in [9.17, 15) is 4.79 Å². The molecule has 0 saturated heterocycles. The summed E-state index contributed by atoms with van der Waals surface area (Å²) in [4.78, 5) is 19.9. The highest BCUT2D eigenvalue weighted by Crippen LogP contribution is 2.13. The first-order valence-corrected chi connectivity index (χ1v) is 5.34. The zero-order valence-corrected chi connectivity index (χ0v) is 9.50. The van der Waals surface area contributed by atoms with E-state index in [1.165, 1.54) is 6.20 Å². The van der Waals surface area contributed by atoms with Crippen molar-refractivity contribution in [1.82, 2.24) is 15.3 Å². The molecule has 0 bridgehead atoms. The SMILES string of the molecule is N#CCNC(=O)c1ccc(-c2ccccn2)nc1. The molecule has 1 amide bonds. The summed E-state index contributed by atoms with van der Waals surface area (Å²) in [6.07, 6.45) is 3.15. The van der Waals surface area contributed by atoms with E-state index in [2.05, 4.69) is 15.3 Å². The Hall–Kier alpha value is -2.74. The van der Waals surface area contributed by atoms with Crippen LogP contribution >= 0.6 is 0 Å². The molecule has 0 aliphatic heterocycles. The number of carbonyl (C=O) groups excluding carboxylic acids is 1. The summed E-state index contributed by atoms with van der Waals surface area (Å²) in [7, 11) is 0. The summed E-state index contributed by atoms with van der Waals surface area (Å²) in [6.45, 7) is -0.0131. The Labute approximate surface area is 104 Å². The topological polar surface area (TPSA) is 78.7 Å². The van der Waals surface area contributed by atoms with E-state index in [-0.39, 0.29) is 12.5 Å². The fourth-order valence-electron chi connectivity index (χ4n) is 1.42. The smallest absolute Gasteiger partial charge is 0.253 e. The van der Waals surface area contributed by atoms with Crippen molar-refractivity contribution in [1.29, 1.82) is 5.26 Å². The van der Waals surface area contributed by atoms with Gasteiger partial charge >= 0.3 is 0 Å². The number of rotatable bonds is 3. The lowest BCUT2D eigenvalue weighted by molar-refractivity contribution is 0.0958. The van der Waals surface area contributed by atoms with Crippen molar-refractivity contribution in [2.45, 2.75) is 0 Å². The average molecular weight is 238 g/mol. The van der Waals surface area contributed by atoms with E-state index in [0.717, 1.165) is 5.69 Å². The summed E-state index contributed by atoms with van der Waals surface area (Å²) in [5.41, 5.74) is 1.87. The Morgan fingerprint density at radius 3 is 2.67 bits per heavy atom. The van der Waals surface area contributed by atoms with Crippen LogP contribution in [-0.2, 0) is 0 Å².